The minimum Gasteiger partial charge on any atom is -0.497 e. The Morgan fingerprint density at radius 1 is 1.38 bits per heavy atom. The summed E-state index contributed by atoms with van der Waals surface area (Å²) >= 11 is 0. The normalized spacial score (nSPS) is 13.4. The highest BCUT2D eigenvalue weighted by atomic mass is 35.5. The lowest BCUT2D eigenvalue weighted by Gasteiger charge is -2.16. The van der Waals surface area contributed by atoms with Gasteiger partial charge in [0.05, 0.1) is 7.11 Å². The molecule has 5 heteroatoms. The molecule has 0 saturated carbocycles. The van der Waals surface area contributed by atoms with Crippen molar-refractivity contribution in [3.8, 4) is 5.75 Å². The number of benzene rings is 1. The van der Waals surface area contributed by atoms with E-state index < -0.39 is 12.0 Å². The number of methoxy groups -OCH3 is 1. The maximum absolute atomic E-state index is 10.7. The molecular weight excluding hydrogens is 230 g/mol. The second-order valence-electron chi connectivity index (χ2n) is 3.43. The molecule has 0 unspecified atom stereocenters. The van der Waals surface area contributed by atoms with Crippen LogP contribution < -0.4 is 10.5 Å². The number of carbonyl (C=O) groups is 1. The molecule has 0 radical (unpaired) electrons. The number of hydrogen-bond acceptors (Lipinski definition) is 3. The Morgan fingerprint density at radius 2 is 1.88 bits per heavy atom. The first-order valence-corrected chi connectivity index (χ1v) is 4.68. The monoisotopic (exact) mass is 245 g/mol. The molecule has 0 aliphatic heterocycles. The standard InChI is InChI=1S/C11H15NO3.ClH/c1-7(10(12)11(13)14)8-3-5-9(15-2)6-4-8;/h3-7,10H,12H2,1-2H3,(H,13,14);1H/t7-,10+;/m1./s1. The summed E-state index contributed by atoms with van der Waals surface area (Å²) in [6.07, 6.45) is 0. The van der Waals surface area contributed by atoms with Crippen LogP contribution in [0.1, 0.15) is 18.4 Å². The highest BCUT2D eigenvalue weighted by Gasteiger charge is 2.21. The molecule has 0 saturated heterocycles. The van der Waals surface area contributed by atoms with Crippen LogP contribution in [0.4, 0.5) is 0 Å². The Balaban J connectivity index is 0.00000225. The quantitative estimate of drug-likeness (QED) is 0.846. The van der Waals surface area contributed by atoms with E-state index in [0.717, 1.165) is 11.3 Å². The van der Waals surface area contributed by atoms with E-state index in [-0.39, 0.29) is 18.3 Å². The first-order valence-electron chi connectivity index (χ1n) is 4.68. The number of nitrogens with two attached hydrogens (primary N) is 1. The maximum Gasteiger partial charge on any atom is 0.321 e. The molecule has 90 valence electrons. The smallest absolute Gasteiger partial charge is 0.321 e. The minimum atomic E-state index is -0.988. The summed E-state index contributed by atoms with van der Waals surface area (Å²) in [6.45, 7) is 1.79. The van der Waals surface area contributed by atoms with E-state index in [9.17, 15) is 4.79 Å². The number of ether oxygens (including phenoxy) is 1. The summed E-state index contributed by atoms with van der Waals surface area (Å²) in [4.78, 5) is 10.7. The molecule has 1 aromatic rings. The second kappa shape index (κ2) is 6.35. The first-order chi connectivity index (χ1) is 7.06. The van der Waals surface area contributed by atoms with Crippen LogP contribution in [0, 0.1) is 0 Å². The fraction of sp³-hybridized carbons (Fsp3) is 0.364. The number of halogens is 1. The highest BCUT2D eigenvalue weighted by molar-refractivity contribution is 5.85. The lowest BCUT2D eigenvalue weighted by Crippen LogP contribution is -2.35. The molecule has 1 rings (SSSR count). The van der Waals surface area contributed by atoms with E-state index in [1.54, 1.807) is 26.2 Å². The molecule has 16 heavy (non-hydrogen) atoms. The molecule has 0 spiro atoms. The van der Waals surface area contributed by atoms with Gasteiger partial charge in [0.1, 0.15) is 11.8 Å². The van der Waals surface area contributed by atoms with Gasteiger partial charge in [0.25, 0.3) is 0 Å². The molecule has 0 amide bonds. The fourth-order valence-corrected chi connectivity index (χ4v) is 1.33. The number of carboxylic acid groups (broad SMARTS) is 1. The number of rotatable bonds is 4. The molecule has 1 aromatic carbocycles. The van der Waals surface area contributed by atoms with Crippen molar-refractivity contribution in [2.45, 2.75) is 18.9 Å². The van der Waals surface area contributed by atoms with Crippen molar-refractivity contribution in [2.24, 2.45) is 5.73 Å². The van der Waals surface area contributed by atoms with Crippen molar-refractivity contribution in [1.29, 1.82) is 0 Å². The van der Waals surface area contributed by atoms with Gasteiger partial charge in [-0.15, -0.1) is 12.4 Å². The van der Waals surface area contributed by atoms with Crippen molar-refractivity contribution in [1.82, 2.24) is 0 Å². The Kier molecular flexibility index (Phi) is 5.85. The molecule has 3 N–H and O–H groups in total. The highest BCUT2D eigenvalue weighted by Crippen LogP contribution is 2.21. The Hall–Kier alpha value is -1.26. The zero-order chi connectivity index (χ0) is 11.4. The molecule has 0 aromatic heterocycles. The van der Waals surface area contributed by atoms with E-state index in [1.165, 1.54) is 0 Å². The largest absolute Gasteiger partial charge is 0.497 e. The Labute approximate surface area is 101 Å². The second-order valence-corrected chi connectivity index (χ2v) is 3.43. The maximum atomic E-state index is 10.7. The third kappa shape index (κ3) is 3.40. The zero-order valence-electron chi connectivity index (χ0n) is 9.21. The van der Waals surface area contributed by atoms with Crippen LogP contribution in [0.5, 0.6) is 5.75 Å². The zero-order valence-corrected chi connectivity index (χ0v) is 10.0. The number of carboxylic acids is 1. The SMILES string of the molecule is COc1ccc([C@@H](C)[C@H](N)C(=O)O)cc1.Cl. The molecule has 0 fully saturated rings. The van der Waals surface area contributed by atoms with Crippen molar-refractivity contribution < 1.29 is 14.6 Å². The van der Waals surface area contributed by atoms with Crippen LogP contribution >= 0.6 is 12.4 Å². The topological polar surface area (TPSA) is 72.5 Å². The van der Waals surface area contributed by atoms with Crippen LogP contribution in [0.15, 0.2) is 24.3 Å². The Morgan fingerprint density at radius 3 is 2.25 bits per heavy atom. The van der Waals surface area contributed by atoms with Crippen molar-refractivity contribution in [3.05, 3.63) is 29.8 Å². The predicted octanol–water partition coefficient (Wildman–Crippen LogP) is 1.63. The van der Waals surface area contributed by atoms with E-state index in [2.05, 4.69) is 0 Å². The van der Waals surface area contributed by atoms with Crippen LogP contribution in [-0.4, -0.2) is 24.2 Å². The Bertz CT molecular complexity index is 340. The van der Waals surface area contributed by atoms with Gasteiger partial charge in [0, 0.05) is 5.92 Å². The van der Waals surface area contributed by atoms with Gasteiger partial charge in [-0.3, -0.25) is 4.79 Å². The van der Waals surface area contributed by atoms with E-state index in [0.29, 0.717) is 0 Å². The lowest BCUT2D eigenvalue weighted by molar-refractivity contribution is -0.139. The third-order valence-electron chi connectivity index (χ3n) is 2.47. The molecule has 0 aliphatic rings. The van der Waals surface area contributed by atoms with Gasteiger partial charge in [0.15, 0.2) is 0 Å². The van der Waals surface area contributed by atoms with E-state index in [1.807, 2.05) is 12.1 Å². The average molecular weight is 246 g/mol. The molecular formula is C11H16ClNO3. The summed E-state index contributed by atoms with van der Waals surface area (Å²) in [7, 11) is 1.58. The molecule has 0 aliphatic carbocycles. The predicted molar refractivity (Wildman–Crippen MR) is 64.3 cm³/mol. The molecule has 0 heterocycles. The van der Waals surface area contributed by atoms with Gasteiger partial charge in [0.2, 0.25) is 0 Å². The summed E-state index contributed by atoms with van der Waals surface area (Å²) < 4.78 is 5.01. The van der Waals surface area contributed by atoms with Gasteiger partial charge in [-0.1, -0.05) is 19.1 Å². The van der Waals surface area contributed by atoms with Gasteiger partial charge in [-0.05, 0) is 17.7 Å². The van der Waals surface area contributed by atoms with Gasteiger partial charge >= 0.3 is 5.97 Å². The summed E-state index contributed by atoms with van der Waals surface area (Å²) in [5.41, 5.74) is 6.43. The van der Waals surface area contributed by atoms with E-state index >= 15 is 0 Å². The summed E-state index contributed by atoms with van der Waals surface area (Å²) in [6, 6.07) is 6.36. The van der Waals surface area contributed by atoms with Crippen LogP contribution in [-0.2, 0) is 4.79 Å². The van der Waals surface area contributed by atoms with Crippen LogP contribution in [0.3, 0.4) is 0 Å². The fourth-order valence-electron chi connectivity index (χ4n) is 1.33. The number of hydrogen-bond donors (Lipinski definition) is 2. The molecule has 0 bridgehead atoms. The van der Waals surface area contributed by atoms with Gasteiger partial charge in [-0.2, -0.15) is 0 Å². The van der Waals surface area contributed by atoms with Gasteiger partial charge in [-0.25, -0.2) is 0 Å². The number of aliphatic carboxylic acids is 1. The molecule has 4 nitrogen and oxygen atoms in total. The average Bonchev–Trinajstić information content (AvgIpc) is 2.27. The summed E-state index contributed by atoms with van der Waals surface area (Å²) in [5.74, 6) is -0.457. The van der Waals surface area contributed by atoms with Crippen molar-refractivity contribution in [2.75, 3.05) is 7.11 Å². The van der Waals surface area contributed by atoms with Crippen LogP contribution in [0.2, 0.25) is 0 Å². The van der Waals surface area contributed by atoms with E-state index in [4.69, 9.17) is 15.6 Å². The van der Waals surface area contributed by atoms with Crippen molar-refractivity contribution >= 4 is 18.4 Å². The molecule has 2 atom stereocenters. The van der Waals surface area contributed by atoms with Gasteiger partial charge < -0.3 is 15.6 Å². The first kappa shape index (κ1) is 14.7. The summed E-state index contributed by atoms with van der Waals surface area (Å²) in [5, 5.41) is 8.76. The van der Waals surface area contributed by atoms with Crippen LogP contribution in [0.25, 0.3) is 0 Å². The lowest BCUT2D eigenvalue weighted by atomic mass is 9.94. The third-order valence-corrected chi connectivity index (χ3v) is 2.47. The minimum absolute atomic E-state index is 0. The van der Waals surface area contributed by atoms with Crippen molar-refractivity contribution in [3.63, 3.8) is 0 Å².